The second kappa shape index (κ2) is 11.2. The average Bonchev–Trinajstić information content (AvgIpc) is 3.18. The minimum Gasteiger partial charge on any atom is -0.477 e. The van der Waals surface area contributed by atoms with Crippen LogP contribution in [0.15, 0.2) is 24.3 Å². The summed E-state index contributed by atoms with van der Waals surface area (Å²) in [7, 11) is 0. The number of carbonyl (C=O) groups is 1. The molecule has 7 heteroatoms. The summed E-state index contributed by atoms with van der Waals surface area (Å²) in [5.74, 6) is -0.879. The van der Waals surface area contributed by atoms with Crippen LogP contribution in [0.1, 0.15) is 60.0 Å². The Labute approximate surface area is 175 Å². The van der Waals surface area contributed by atoms with E-state index >= 15 is 0 Å². The zero-order valence-corrected chi connectivity index (χ0v) is 17.8. The van der Waals surface area contributed by atoms with E-state index in [9.17, 15) is 20.1 Å². The topological polar surface area (TPSA) is 98.0 Å². The first-order valence-electron chi connectivity index (χ1n) is 9.85. The predicted molar refractivity (Wildman–Crippen MR) is 115 cm³/mol. The zero-order valence-electron chi connectivity index (χ0n) is 16.2. The first kappa shape index (κ1) is 23.2. The second-order valence-electron chi connectivity index (χ2n) is 7.62. The summed E-state index contributed by atoms with van der Waals surface area (Å²) < 4.78 is 0. The SMILES string of the molecule is C[C@@H](O)CCC[C@H](O)C=C[C@H]1[C@H](O)CC(=S)[C@@H]1CCCc1ccc(C(=O)O)s1. The van der Waals surface area contributed by atoms with Crippen LogP contribution in [0.25, 0.3) is 0 Å². The van der Waals surface area contributed by atoms with E-state index in [1.165, 1.54) is 11.3 Å². The predicted octanol–water partition coefficient (Wildman–Crippen LogP) is 3.60. The largest absolute Gasteiger partial charge is 0.477 e. The average molecular weight is 427 g/mol. The van der Waals surface area contributed by atoms with Gasteiger partial charge in [-0.1, -0.05) is 24.4 Å². The van der Waals surface area contributed by atoms with E-state index in [1.807, 2.05) is 12.1 Å². The number of rotatable bonds is 11. The summed E-state index contributed by atoms with van der Waals surface area (Å²) >= 11 is 6.78. The lowest BCUT2D eigenvalue weighted by molar-refractivity contribution is 0.0702. The van der Waals surface area contributed by atoms with E-state index in [2.05, 4.69) is 0 Å². The summed E-state index contributed by atoms with van der Waals surface area (Å²) in [6, 6.07) is 3.49. The molecule has 5 nitrogen and oxygen atoms in total. The molecule has 0 aromatic carbocycles. The number of aryl methyl sites for hydroxylation is 1. The molecule has 0 saturated heterocycles. The highest BCUT2D eigenvalue weighted by atomic mass is 32.1. The second-order valence-corrected chi connectivity index (χ2v) is 9.31. The van der Waals surface area contributed by atoms with Crippen molar-refractivity contribution in [2.45, 2.75) is 70.2 Å². The minimum absolute atomic E-state index is 0.0863. The maximum Gasteiger partial charge on any atom is 0.345 e. The van der Waals surface area contributed by atoms with E-state index in [1.54, 1.807) is 19.1 Å². The molecular formula is C21H30O5S2. The quantitative estimate of drug-likeness (QED) is 0.319. The zero-order chi connectivity index (χ0) is 20.7. The summed E-state index contributed by atoms with van der Waals surface area (Å²) in [5.41, 5.74) is 0. The van der Waals surface area contributed by atoms with E-state index < -0.39 is 18.2 Å². The van der Waals surface area contributed by atoms with Crippen molar-refractivity contribution in [3.05, 3.63) is 34.0 Å². The van der Waals surface area contributed by atoms with Crippen molar-refractivity contribution in [2.75, 3.05) is 0 Å². The van der Waals surface area contributed by atoms with E-state index in [4.69, 9.17) is 17.3 Å². The fraction of sp³-hybridized carbons (Fsp3) is 0.619. The van der Waals surface area contributed by atoms with Crippen LogP contribution in [0, 0.1) is 11.8 Å². The molecule has 1 heterocycles. The van der Waals surface area contributed by atoms with Crippen LogP contribution in [0.4, 0.5) is 0 Å². The maximum absolute atomic E-state index is 11.0. The van der Waals surface area contributed by atoms with Gasteiger partial charge >= 0.3 is 5.97 Å². The molecule has 0 spiro atoms. The molecule has 0 bridgehead atoms. The van der Waals surface area contributed by atoms with Crippen LogP contribution >= 0.6 is 23.6 Å². The van der Waals surface area contributed by atoms with Crippen molar-refractivity contribution < 1.29 is 25.2 Å². The first-order valence-corrected chi connectivity index (χ1v) is 11.1. The van der Waals surface area contributed by atoms with Gasteiger partial charge in [0.05, 0.1) is 18.3 Å². The highest BCUT2D eigenvalue weighted by molar-refractivity contribution is 7.80. The molecule has 1 aliphatic rings. The molecule has 1 aromatic heterocycles. The van der Waals surface area contributed by atoms with E-state index in [-0.39, 0.29) is 17.9 Å². The van der Waals surface area contributed by atoms with E-state index in [0.717, 1.165) is 35.4 Å². The number of hydrogen-bond donors (Lipinski definition) is 4. The Morgan fingerprint density at radius 2 is 2.07 bits per heavy atom. The number of carboxylic acid groups (broad SMARTS) is 1. The summed E-state index contributed by atoms with van der Waals surface area (Å²) in [5, 5.41) is 38.7. The number of carboxylic acids is 1. The highest BCUT2D eigenvalue weighted by Crippen LogP contribution is 2.35. The Kier molecular flexibility index (Phi) is 9.24. The lowest BCUT2D eigenvalue weighted by Gasteiger charge is -2.19. The summed E-state index contributed by atoms with van der Waals surface area (Å²) in [6.07, 6.45) is 7.20. The fourth-order valence-electron chi connectivity index (χ4n) is 3.69. The van der Waals surface area contributed by atoms with Crippen molar-refractivity contribution >= 4 is 34.4 Å². The molecule has 5 atom stereocenters. The molecule has 28 heavy (non-hydrogen) atoms. The van der Waals surface area contributed by atoms with Gasteiger partial charge in [0.1, 0.15) is 4.88 Å². The molecule has 4 N–H and O–H groups in total. The van der Waals surface area contributed by atoms with Crippen molar-refractivity contribution in [3.63, 3.8) is 0 Å². The van der Waals surface area contributed by atoms with Gasteiger partial charge in [0.2, 0.25) is 0 Å². The molecule has 0 aliphatic heterocycles. The first-order chi connectivity index (χ1) is 13.3. The van der Waals surface area contributed by atoms with Crippen LogP contribution in [0.5, 0.6) is 0 Å². The van der Waals surface area contributed by atoms with Gasteiger partial charge in [-0.25, -0.2) is 4.79 Å². The molecular weight excluding hydrogens is 396 g/mol. The molecule has 0 amide bonds. The summed E-state index contributed by atoms with van der Waals surface area (Å²) in [6.45, 7) is 1.74. The standard InChI is InChI=1S/C21H30O5S2/c1-13(22)4-2-5-14(23)8-10-16-17(19(27)12-18(16)24)7-3-6-15-9-11-20(28-15)21(25)26/h8-11,13-14,16-18,22-24H,2-7,12H2,1H3,(H,25,26)/t13-,14+,16-,17-,18-/m1/s1. The van der Waals surface area contributed by atoms with Gasteiger partial charge in [-0.2, -0.15) is 0 Å². The molecule has 1 aromatic rings. The number of hydrogen-bond acceptors (Lipinski definition) is 6. The van der Waals surface area contributed by atoms with Crippen molar-refractivity contribution in [3.8, 4) is 0 Å². The normalized spacial score (nSPS) is 24.7. The Bertz CT molecular complexity index is 682. The monoisotopic (exact) mass is 426 g/mol. The van der Waals surface area contributed by atoms with Crippen LogP contribution < -0.4 is 0 Å². The van der Waals surface area contributed by atoms with E-state index in [0.29, 0.717) is 24.1 Å². The molecule has 156 valence electrons. The molecule has 0 radical (unpaired) electrons. The number of aliphatic hydroxyl groups is 3. The third kappa shape index (κ3) is 7.04. The third-order valence-corrected chi connectivity index (χ3v) is 6.82. The van der Waals surface area contributed by atoms with Crippen molar-refractivity contribution in [1.29, 1.82) is 0 Å². The van der Waals surface area contributed by atoms with Gasteiger partial charge < -0.3 is 20.4 Å². The number of aromatic carboxylic acids is 1. The number of thiophene rings is 1. The maximum atomic E-state index is 11.0. The minimum atomic E-state index is -0.895. The highest BCUT2D eigenvalue weighted by Gasteiger charge is 2.36. The fourth-order valence-corrected chi connectivity index (χ4v) is 5.02. The molecule has 0 unspecified atom stereocenters. The Hall–Kier alpha value is -1.12. The lowest BCUT2D eigenvalue weighted by atomic mass is 9.89. The van der Waals surface area contributed by atoms with Crippen LogP contribution in [0.2, 0.25) is 0 Å². The van der Waals surface area contributed by atoms with Crippen LogP contribution in [-0.4, -0.2) is 49.6 Å². The Morgan fingerprint density at radius 1 is 1.32 bits per heavy atom. The molecule has 1 saturated carbocycles. The van der Waals surface area contributed by atoms with Crippen LogP contribution in [0.3, 0.4) is 0 Å². The third-order valence-electron chi connectivity index (χ3n) is 5.22. The van der Waals surface area contributed by atoms with Gasteiger partial charge in [-0.15, -0.1) is 11.3 Å². The lowest BCUT2D eigenvalue weighted by Crippen LogP contribution is -2.19. The molecule has 1 fully saturated rings. The Morgan fingerprint density at radius 3 is 2.71 bits per heavy atom. The van der Waals surface area contributed by atoms with Gasteiger partial charge in [0.15, 0.2) is 0 Å². The van der Waals surface area contributed by atoms with Gasteiger partial charge in [-0.05, 0) is 68.4 Å². The molecule has 1 aliphatic carbocycles. The number of thiocarbonyl (C=S) groups is 1. The number of aliphatic hydroxyl groups excluding tert-OH is 3. The van der Waals surface area contributed by atoms with Crippen molar-refractivity contribution in [1.82, 2.24) is 0 Å². The van der Waals surface area contributed by atoms with Gasteiger partial charge in [-0.3, -0.25) is 0 Å². The van der Waals surface area contributed by atoms with Gasteiger partial charge in [0.25, 0.3) is 0 Å². The summed E-state index contributed by atoms with van der Waals surface area (Å²) in [4.78, 5) is 13.2. The van der Waals surface area contributed by atoms with Crippen LogP contribution in [-0.2, 0) is 6.42 Å². The Balaban J connectivity index is 1.85. The smallest absolute Gasteiger partial charge is 0.345 e. The van der Waals surface area contributed by atoms with Gasteiger partial charge in [0, 0.05) is 17.2 Å². The van der Waals surface area contributed by atoms with Crippen molar-refractivity contribution in [2.24, 2.45) is 11.8 Å². The molecule has 2 rings (SSSR count).